The van der Waals surface area contributed by atoms with E-state index in [-0.39, 0.29) is 11.5 Å². The highest BCUT2D eigenvalue weighted by Crippen LogP contribution is 2.29. The molecule has 3 rings (SSSR count). The van der Waals surface area contributed by atoms with Crippen molar-refractivity contribution in [2.45, 2.75) is 20.1 Å². The van der Waals surface area contributed by atoms with Crippen LogP contribution in [0.3, 0.4) is 0 Å². The van der Waals surface area contributed by atoms with Gasteiger partial charge in [-0.1, -0.05) is 29.8 Å². The average Bonchev–Trinajstić information content (AvgIpc) is 3.20. The van der Waals surface area contributed by atoms with Crippen LogP contribution in [0.1, 0.15) is 28.5 Å². The van der Waals surface area contributed by atoms with Crippen molar-refractivity contribution in [1.29, 1.82) is 0 Å². The van der Waals surface area contributed by atoms with E-state index in [0.717, 1.165) is 11.1 Å². The summed E-state index contributed by atoms with van der Waals surface area (Å²) in [5.74, 6) is 0.887. The molecule has 31 heavy (non-hydrogen) atoms. The molecular formula is C21H24ClN5O4. The molecular weight excluding hydrogens is 422 g/mol. The molecule has 0 aliphatic heterocycles. The predicted octanol–water partition coefficient (Wildman–Crippen LogP) is 2.80. The molecule has 0 bridgehead atoms. The zero-order chi connectivity index (χ0) is 22.1. The molecule has 4 N–H and O–H groups in total. The Morgan fingerprint density at radius 1 is 1.06 bits per heavy atom. The van der Waals surface area contributed by atoms with Gasteiger partial charge in [-0.05, 0) is 52.6 Å². The zero-order valence-electron chi connectivity index (χ0n) is 17.1. The molecule has 0 saturated heterocycles. The number of carbonyl (C=O) groups excluding carboxylic acids is 1. The van der Waals surface area contributed by atoms with E-state index in [2.05, 4.69) is 25.6 Å². The number of amides is 1. The van der Waals surface area contributed by atoms with Crippen LogP contribution in [0.4, 0.5) is 5.82 Å². The Hall–Kier alpha value is -3.30. The van der Waals surface area contributed by atoms with Crippen LogP contribution in [0.15, 0.2) is 47.1 Å². The van der Waals surface area contributed by atoms with Crippen LogP contribution in [-0.4, -0.2) is 35.9 Å². The molecule has 0 aliphatic rings. The first-order valence-corrected chi connectivity index (χ1v) is 10.1. The van der Waals surface area contributed by atoms with Gasteiger partial charge in [-0.3, -0.25) is 4.79 Å². The van der Waals surface area contributed by atoms with Crippen molar-refractivity contribution in [2.24, 2.45) is 0 Å². The largest absolute Gasteiger partial charge is 0.490 e. The molecule has 0 aliphatic carbocycles. The Labute approximate surface area is 184 Å². The third kappa shape index (κ3) is 6.59. The minimum Gasteiger partial charge on any atom is -0.490 e. The van der Waals surface area contributed by atoms with Crippen LogP contribution in [0.25, 0.3) is 0 Å². The van der Waals surface area contributed by atoms with Crippen LogP contribution in [-0.2, 0) is 13.2 Å². The van der Waals surface area contributed by atoms with Gasteiger partial charge in [-0.15, -0.1) is 0 Å². The SMILES string of the molecule is CCOc1cc(CNCCNC(=O)c2nonc2N)ccc1OCc1ccc(Cl)cc1. The first-order chi connectivity index (χ1) is 15.1. The number of halogens is 1. The van der Waals surface area contributed by atoms with Gasteiger partial charge in [0.05, 0.1) is 6.61 Å². The fourth-order valence-corrected chi connectivity index (χ4v) is 2.85. The number of nitrogens with zero attached hydrogens (tertiary/aromatic N) is 2. The van der Waals surface area contributed by atoms with Crippen molar-refractivity contribution in [1.82, 2.24) is 20.9 Å². The van der Waals surface area contributed by atoms with Crippen molar-refractivity contribution in [3.63, 3.8) is 0 Å². The van der Waals surface area contributed by atoms with Crippen LogP contribution in [0.2, 0.25) is 5.02 Å². The summed E-state index contributed by atoms with van der Waals surface area (Å²) in [5, 5.41) is 13.5. The monoisotopic (exact) mass is 445 g/mol. The zero-order valence-corrected chi connectivity index (χ0v) is 17.8. The van der Waals surface area contributed by atoms with Crippen LogP contribution in [0, 0.1) is 0 Å². The van der Waals surface area contributed by atoms with E-state index in [4.69, 9.17) is 26.8 Å². The molecule has 0 spiro atoms. The second-order valence-corrected chi connectivity index (χ2v) is 7.00. The molecule has 1 amide bonds. The molecule has 0 atom stereocenters. The molecule has 1 heterocycles. The first kappa shape index (κ1) is 22.4. The number of ether oxygens (including phenoxy) is 2. The maximum absolute atomic E-state index is 11.9. The van der Waals surface area contributed by atoms with E-state index >= 15 is 0 Å². The smallest absolute Gasteiger partial charge is 0.277 e. The van der Waals surface area contributed by atoms with Gasteiger partial charge in [0.25, 0.3) is 5.91 Å². The summed E-state index contributed by atoms with van der Waals surface area (Å²) in [7, 11) is 0. The van der Waals surface area contributed by atoms with Gasteiger partial charge < -0.3 is 25.8 Å². The average molecular weight is 446 g/mol. The van der Waals surface area contributed by atoms with E-state index in [1.54, 1.807) is 0 Å². The molecule has 0 unspecified atom stereocenters. The highest BCUT2D eigenvalue weighted by atomic mass is 35.5. The normalized spacial score (nSPS) is 10.6. The second-order valence-electron chi connectivity index (χ2n) is 6.56. The molecule has 2 aromatic carbocycles. The number of aromatic nitrogens is 2. The summed E-state index contributed by atoms with van der Waals surface area (Å²) in [6.07, 6.45) is 0. The molecule has 1 aromatic heterocycles. The lowest BCUT2D eigenvalue weighted by Gasteiger charge is -2.14. The summed E-state index contributed by atoms with van der Waals surface area (Å²) in [5.41, 5.74) is 7.51. The number of nitrogen functional groups attached to an aromatic ring is 1. The van der Waals surface area contributed by atoms with Crippen LogP contribution in [0.5, 0.6) is 11.5 Å². The maximum atomic E-state index is 11.9. The first-order valence-electron chi connectivity index (χ1n) is 9.76. The van der Waals surface area contributed by atoms with E-state index in [9.17, 15) is 4.79 Å². The number of anilines is 1. The van der Waals surface area contributed by atoms with Gasteiger partial charge in [-0.2, -0.15) is 0 Å². The van der Waals surface area contributed by atoms with Gasteiger partial charge >= 0.3 is 0 Å². The molecule has 3 aromatic rings. The predicted molar refractivity (Wildman–Crippen MR) is 116 cm³/mol. The summed E-state index contributed by atoms with van der Waals surface area (Å²) in [4.78, 5) is 11.9. The second kappa shape index (κ2) is 11.2. The summed E-state index contributed by atoms with van der Waals surface area (Å²) in [6, 6.07) is 13.3. The van der Waals surface area contributed by atoms with E-state index < -0.39 is 5.91 Å². The Morgan fingerprint density at radius 2 is 1.84 bits per heavy atom. The van der Waals surface area contributed by atoms with Crippen molar-refractivity contribution < 1.29 is 18.9 Å². The van der Waals surface area contributed by atoms with Gasteiger partial charge in [0.15, 0.2) is 11.5 Å². The van der Waals surface area contributed by atoms with E-state index in [0.29, 0.717) is 49.4 Å². The van der Waals surface area contributed by atoms with E-state index in [1.807, 2.05) is 49.4 Å². The summed E-state index contributed by atoms with van der Waals surface area (Å²) >= 11 is 5.92. The van der Waals surface area contributed by atoms with E-state index in [1.165, 1.54) is 0 Å². The minimum atomic E-state index is -0.429. The number of rotatable bonds is 11. The van der Waals surface area contributed by atoms with Crippen molar-refractivity contribution >= 4 is 23.3 Å². The Morgan fingerprint density at radius 3 is 2.55 bits per heavy atom. The maximum Gasteiger partial charge on any atom is 0.277 e. The van der Waals surface area contributed by atoms with Crippen molar-refractivity contribution in [3.8, 4) is 11.5 Å². The Kier molecular flexibility index (Phi) is 8.08. The molecule has 10 heteroatoms. The van der Waals surface area contributed by atoms with Crippen LogP contribution < -0.4 is 25.8 Å². The molecule has 9 nitrogen and oxygen atoms in total. The number of hydrogen-bond donors (Lipinski definition) is 3. The van der Waals surface area contributed by atoms with Gasteiger partial charge in [0.1, 0.15) is 6.61 Å². The Balaban J connectivity index is 1.47. The lowest BCUT2D eigenvalue weighted by molar-refractivity contribution is 0.0944. The number of nitrogens with one attached hydrogen (secondary N) is 2. The Bertz CT molecular complexity index is 994. The summed E-state index contributed by atoms with van der Waals surface area (Å²) in [6.45, 7) is 4.41. The van der Waals surface area contributed by atoms with Crippen molar-refractivity contribution in [3.05, 3.63) is 64.3 Å². The van der Waals surface area contributed by atoms with Gasteiger partial charge in [0, 0.05) is 24.7 Å². The highest BCUT2D eigenvalue weighted by molar-refractivity contribution is 6.30. The minimum absolute atomic E-state index is 0.0180. The third-order valence-corrected chi connectivity index (χ3v) is 4.51. The number of nitrogens with two attached hydrogens (primary N) is 1. The number of benzene rings is 2. The molecule has 0 saturated carbocycles. The molecule has 0 fully saturated rings. The topological polar surface area (TPSA) is 125 Å². The number of carbonyl (C=O) groups is 1. The lowest BCUT2D eigenvalue weighted by atomic mass is 10.2. The third-order valence-electron chi connectivity index (χ3n) is 4.26. The number of hydrogen-bond acceptors (Lipinski definition) is 8. The summed E-state index contributed by atoms with van der Waals surface area (Å²) < 4.78 is 16.1. The quantitative estimate of drug-likeness (QED) is 0.385. The standard InChI is InChI=1S/C21H24ClN5O4/c1-2-29-18-11-15(5-8-17(18)30-13-14-3-6-16(22)7-4-14)12-24-9-10-25-21(28)19-20(23)27-31-26-19/h3-8,11,24H,2,9-10,12-13H2,1H3,(H2,23,27)(H,25,28). The van der Waals surface area contributed by atoms with Gasteiger partial charge in [0.2, 0.25) is 11.5 Å². The lowest BCUT2D eigenvalue weighted by Crippen LogP contribution is -2.32. The van der Waals surface area contributed by atoms with Crippen LogP contribution >= 0.6 is 11.6 Å². The highest BCUT2D eigenvalue weighted by Gasteiger charge is 2.15. The van der Waals surface area contributed by atoms with Gasteiger partial charge in [-0.25, -0.2) is 4.63 Å². The fourth-order valence-electron chi connectivity index (χ4n) is 2.73. The fraction of sp³-hybridized carbons (Fsp3) is 0.286. The van der Waals surface area contributed by atoms with Crippen molar-refractivity contribution in [2.75, 3.05) is 25.4 Å². The molecule has 164 valence electrons. The molecule has 0 radical (unpaired) electrons.